The molecule has 68 valence electrons. The lowest BCUT2D eigenvalue weighted by Gasteiger charge is -2.15. The number of esters is 1. The van der Waals surface area contributed by atoms with Crippen molar-refractivity contribution in [2.24, 2.45) is 5.41 Å². The van der Waals surface area contributed by atoms with E-state index >= 15 is 0 Å². The Hall–Kier alpha value is -0.570. The van der Waals surface area contributed by atoms with Crippen molar-refractivity contribution in [3.05, 3.63) is 0 Å². The molecule has 1 aliphatic carbocycles. The zero-order valence-corrected chi connectivity index (χ0v) is 7.43. The molecule has 0 amide bonds. The highest BCUT2D eigenvalue weighted by Crippen LogP contribution is 2.54. The molecule has 1 unspecified atom stereocenters. The van der Waals surface area contributed by atoms with Gasteiger partial charge in [0.2, 0.25) is 0 Å². The summed E-state index contributed by atoms with van der Waals surface area (Å²) >= 11 is 0. The minimum absolute atomic E-state index is 0.00236. The largest absolute Gasteiger partial charge is 0.465 e. The lowest BCUT2D eigenvalue weighted by Crippen LogP contribution is -2.38. The average Bonchev–Trinajstić information content (AvgIpc) is 2.63. The molecule has 0 radical (unpaired) electrons. The first-order chi connectivity index (χ1) is 5.78. The van der Waals surface area contributed by atoms with Gasteiger partial charge in [-0.05, 0) is 38.1 Å². The molecule has 1 saturated heterocycles. The second-order valence-electron chi connectivity index (χ2n) is 3.75. The molecule has 12 heavy (non-hydrogen) atoms. The minimum Gasteiger partial charge on any atom is -0.465 e. The zero-order valence-electron chi connectivity index (χ0n) is 7.43. The zero-order chi connectivity index (χ0) is 8.60. The Morgan fingerprint density at radius 1 is 1.58 bits per heavy atom. The third-order valence-corrected chi connectivity index (χ3v) is 3.00. The second-order valence-corrected chi connectivity index (χ2v) is 3.75. The summed E-state index contributed by atoms with van der Waals surface area (Å²) in [5.74, 6) is -0.0486. The normalized spacial score (nSPS) is 30.6. The van der Waals surface area contributed by atoms with Gasteiger partial charge in [0.05, 0.1) is 6.61 Å². The number of carbonyl (C=O) groups is 1. The quantitative estimate of drug-likeness (QED) is 0.618. The van der Waals surface area contributed by atoms with Gasteiger partial charge in [0.15, 0.2) is 0 Å². The van der Waals surface area contributed by atoms with E-state index < -0.39 is 0 Å². The summed E-state index contributed by atoms with van der Waals surface area (Å²) in [7, 11) is 0. The Bertz CT molecular complexity index is 199. The van der Waals surface area contributed by atoms with Crippen LogP contribution in [0, 0.1) is 5.41 Å². The highest BCUT2D eigenvalue weighted by atomic mass is 16.5. The maximum Gasteiger partial charge on any atom is 0.323 e. The van der Waals surface area contributed by atoms with Gasteiger partial charge in [0.25, 0.3) is 0 Å². The first-order valence-corrected chi connectivity index (χ1v) is 4.68. The van der Waals surface area contributed by atoms with Crippen LogP contribution in [0.2, 0.25) is 0 Å². The van der Waals surface area contributed by atoms with Gasteiger partial charge in [0.1, 0.15) is 6.04 Å². The standard InChI is InChI=1S/C9H15NO2/c1-2-12-8(11)7-9(3-4-9)5-6-10-7/h7,10H,2-6H2,1H3. The van der Waals surface area contributed by atoms with Crippen LogP contribution in [-0.2, 0) is 9.53 Å². The van der Waals surface area contributed by atoms with Crippen molar-refractivity contribution in [3.63, 3.8) is 0 Å². The minimum atomic E-state index is -0.0486. The SMILES string of the molecule is CCOC(=O)C1NCCC12CC2. The van der Waals surface area contributed by atoms with E-state index in [1.807, 2.05) is 6.92 Å². The monoisotopic (exact) mass is 169 g/mol. The molecule has 1 spiro atoms. The van der Waals surface area contributed by atoms with Crippen molar-refractivity contribution in [2.45, 2.75) is 32.2 Å². The highest BCUT2D eigenvalue weighted by Gasteiger charge is 2.55. The molecule has 2 aliphatic rings. The molecule has 1 saturated carbocycles. The Kier molecular flexibility index (Phi) is 1.83. The molecular weight excluding hydrogens is 154 g/mol. The van der Waals surface area contributed by atoms with Gasteiger partial charge in [-0.15, -0.1) is 0 Å². The van der Waals surface area contributed by atoms with E-state index in [2.05, 4.69) is 5.32 Å². The lowest BCUT2D eigenvalue weighted by molar-refractivity contribution is -0.146. The van der Waals surface area contributed by atoms with Crippen LogP contribution in [0.1, 0.15) is 26.2 Å². The summed E-state index contributed by atoms with van der Waals surface area (Å²) in [4.78, 5) is 11.4. The Morgan fingerprint density at radius 2 is 2.33 bits per heavy atom. The van der Waals surface area contributed by atoms with Crippen LogP contribution in [0.3, 0.4) is 0 Å². The number of carbonyl (C=O) groups excluding carboxylic acids is 1. The molecule has 0 aromatic heterocycles. The van der Waals surface area contributed by atoms with Crippen LogP contribution in [0.15, 0.2) is 0 Å². The van der Waals surface area contributed by atoms with Gasteiger partial charge < -0.3 is 10.1 Å². The summed E-state index contributed by atoms with van der Waals surface area (Å²) in [6.45, 7) is 3.32. The maximum absolute atomic E-state index is 11.4. The van der Waals surface area contributed by atoms with E-state index in [0.29, 0.717) is 12.0 Å². The van der Waals surface area contributed by atoms with Crippen molar-refractivity contribution in [1.82, 2.24) is 5.32 Å². The molecule has 1 aliphatic heterocycles. The Labute approximate surface area is 72.5 Å². The predicted octanol–water partition coefficient (Wildman–Crippen LogP) is 0.692. The molecule has 0 aromatic carbocycles. The number of hydrogen-bond acceptors (Lipinski definition) is 3. The fourth-order valence-corrected chi connectivity index (χ4v) is 2.08. The van der Waals surface area contributed by atoms with Crippen molar-refractivity contribution >= 4 is 5.97 Å². The molecule has 2 rings (SSSR count). The number of ether oxygens (including phenoxy) is 1. The van der Waals surface area contributed by atoms with Crippen LogP contribution in [0.25, 0.3) is 0 Å². The first kappa shape index (κ1) is 8.05. The van der Waals surface area contributed by atoms with E-state index in [9.17, 15) is 4.79 Å². The summed E-state index contributed by atoms with van der Waals surface area (Å²) < 4.78 is 5.00. The number of nitrogens with one attached hydrogen (secondary N) is 1. The molecule has 1 atom stereocenters. The van der Waals surface area contributed by atoms with Crippen LogP contribution in [0.4, 0.5) is 0 Å². The summed E-state index contributed by atoms with van der Waals surface area (Å²) in [5, 5.41) is 3.22. The topological polar surface area (TPSA) is 38.3 Å². The molecule has 1 N–H and O–H groups in total. The highest BCUT2D eigenvalue weighted by molar-refractivity contribution is 5.78. The van der Waals surface area contributed by atoms with Crippen LogP contribution >= 0.6 is 0 Å². The van der Waals surface area contributed by atoms with Gasteiger partial charge in [-0.2, -0.15) is 0 Å². The van der Waals surface area contributed by atoms with E-state index in [4.69, 9.17) is 4.74 Å². The Morgan fingerprint density at radius 3 is 2.92 bits per heavy atom. The summed E-state index contributed by atoms with van der Waals surface area (Å²) in [6, 6.07) is -0.00236. The molecule has 3 heteroatoms. The smallest absolute Gasteiger partial charge is 0.323 e. The maximum atomic E-state index is 11.4. The van der Waals surface area contributed by atoms with Crippen molar-refractivity contribution < 1.29 is 9.53 Å². The van der Waals surface area contributed by atoms with Crippen LogP contribution in [-0.4, -0.2) is 25.2 Å². The molecular formula is C9H15NO2. The first-order valence-electron chi connectivity index (χ1n) is 4.68. The van der Waals surface area contributed by atoms with Gasteiger partial charge >= 0.3 is 5.97 Å². The third-order valence-electron chi connectivity index (χ3n) is 3.00. The van der Waals surface area contributed by atoms with Gasteiger partial charge in [-0.25, -0.2) is 0 Å². The molecule has 2 fully saturated rings. The number of hydrogen-bond donors (Lipinski definition) is 1. The second kappa shape index (κ2) is 2.73. The van der Waals surface area contributed by atoms with Crippen LogP contribution in [0.5, 0.6) is 0 Å². The number of rotatable bonds is 2. The fourth-order valence-electron chi connectivity index (χ4n) is 2.08. The Balaban J connectivity index is 1.98. The molecule has 1 heterocycles. The van der Waals surface area contributed by atoms with Gasteiger partial charge in [-0.3, -0.25) is 4.79 Å². The fraction of sp³-hybridized carbons (Fsp3) is 0.889. The van der Waals surface area contributed by atoms with Crippen LogP contribution < -0.4 is 5.32 Å². The lowest BCUT2D eigenvalue weighted by atomic mass is 9.98. The summed E-state index contributed by atoms with van der Waals surface area (Å²) in [5.41, 5.74) is 0.298. The molecule has 0 aromatic rings. The van der Waals surface area contributed by atoms with E-state index in [1.165, 1.54) is 12.8 Å². The van der Waals surface area contributed by atoms with E-state index in [-0.39, 0.29) is 12.0 Å². The predicted molar refractivity (Wildman–Crippen MR) is 44.7 cm³/mol. The van der Waals surface area contributed by atoms with E-state index in [0.717, 1.165) is 13.0 Å². The van der Waals surface area contributed by atoms with Gasteiger partial charge in [0, 0.05) is 0 Å². The molecule has 3 nitrogen and oxygen atoms in total. The van der Waals surface area contributed by atoms with E-state index in [1.54, 1.807) is 0 Å². The average molecular weight is 169 g/mol. The van der Waals surface area contributed by atoms with Crippen molar-refractivity contribution in [3.8, 4) is 0 Å². The van der Waals surface area contributed by atoms with Crippen molar-refractivity contribution in [2.75, 3.05) is 13.2 Å². The molecule has 0 bridgehead atoms. The third kappa shape index (κ3) is 1.12. The summed E-state index contributed by atoms with van der Waals surface area (Å²) in [6.07, 6.45) is 3.55. The van der Waals surface area contributed by atoms with Gasteiger partial charge in [-0.1, -0.05) is 0 Å². The van der Waals surface area contributed by atoms with Crippen molar-refractivity contribution in [1.29, 1.82) is 0 Å².